The topological polar surface area (TPSA) is 63.9 Å². The van der Waals surface area contributed by atoms with Crippen molar-refractivity contribution in [3.05, 3.63) is 47.5 Å². The molecule has 0 bridgehead atoms. The summed E-state index contributed by atoms with van der Waals surface area (Å²) in [5.74, 6) is -1.23. The Hall–Kier alpha value is -2.34. The normalized spacial score (nSPS) is 9.80. The Balaban J connectivity index is 2.83. The molecule has 3 nitrogen and oxygen atoms in total. The number of nitrogens with zero attached hydrogens (tertiary/aromatic N) is 1. The number of carboxylic acid groups (broad SMARTS) is 1. The van der Waals surface area contributed by atoms with E-state index in [9.17, 15) is 9.90 Å². The van der Waals surface area contributed by atoms with E-state index >= 15 is 0 Å². The lowest BCUT2D eigenvalue weighted by atomic mass is 10.0. The first-order valence-corrected chi connectivity index (χ1v) is 4.36. The van der Waals surface area contributed by atoms with Gasteiger partial charge >= 0.3 is 0 Å². The summed E-state index contributed by atoms with van der Waals surface area (Å²) in [5, 5.41) is 20.9. The maximum Gasteiger partial charge on any atom is 0.0991 e. The Morgan fingerprint density at radius 2 is 2.07 bits per heavy atom. The van der Waals surface area contributed by atoms with Crippen LogP contribution < -0.4 is 5.11 Å². The molecule has 0 saturated carbocycles. The average molecular weight is 196 g/mol. The third-order valence-corrected chi connectivity index (χ3v) is 2.23. The lowest BCUT2D eigenvalue weighted by Gasteiger charge is -2.06. The number of fused-ring (bicyclic) bond motifs is 1. The van der Waals surface area contributed by atoms with Crippen LogP contribution >= 0.6 is 0 Å². The molecule has 0 heterocycles. The zero-order chi connectivity index (χ0) is 10.8. The minimum atomic E-state index is -1.23. The zero-order valence-corrected chi connectivity index (χ0v) is 7.73. The quantitative estimate of drug-likeness (QED) is 0.685. The third kappa shape index (κ3) is 1.53. The summed E-state index contributed by atoms with van der Waals surface area (Å²) in [5.41, 5.74) is 0.556. The summed E-state index contributed by atoms with van der Waals surface area (Å²) in [6, 6.07) is 11.8. The highest BCUT2D eigenvalue weighted by Crippen LogP contribution is 2.19. The molecule has 0 radical (unpaired) electrons. The van der Waals surface area contributed by atoms with Gasteiger partial charge in [-0.15, -0.1) is 0 Å². The molecule has 2 rings (SSSR count). The highest BCUT2D eigenvalue weighted by molar-refractivity contribution is 6.03. The molecule has 0 atom stereocenters. The fourth-order valence-electron chi connectivity index (χ4n) is 1.52. The van der Waals surface area contributed by atoms with Crippen LogP contribution in [-0.2, 0) is 0 Å². The van der Waals surface area contributed by atoms with Gasteiger partial charge in [0.2, 0.25) is 0 Å². The minimum absolute atomic E-state index is 0.115. The van der Waals surface area contributed by atoms with Crippen LogP contribution in [0.2, 0.25) is 0 Å². The molecule has 0 fully saturated rings. The van der Waals surface area contributed by atoms with Crippen molar-refractivity contribution in [2.24, 2.45) is 0 Å². The zero-order valence-electron chi connectivity index (χ0n) is 7.73. The van der Waals surface area contributed by atoms with Gasteiger partial charge in [0.15, 0.2) is 0 Å². The highest BCUT2D eigenvalue weighted by Gasteiger charge is 2.02. The molecular weight excluding hydrogens is 190 g/mol. The summed E-state index contributed by atoms with van der Waals surface area (Å²) in [6.07, 6.45) is 0. The summed E-state index contributed by atoms with van der Waals surface area (Å²) in [7, 11) is 0. The van der Waals surface area contributed by atoms with Crippen molar-refractivity contribution in [2.75, 3.05) is 0 Å². The molecule has 0 aliphatic carbocycles. The number of nitriles is 1. The fraction of sp³-hybridized carbons (Fsp3) is 0. The predicted octanol–water partition coefficient (Wildman–Crippen LogP) is 1.07. The average Bonchev–Trinajstić information content (AvgIpc) is 2.27. The molecule has 0 N–H and O–H groups in total. The molecular formula is C12H6NO2-. The van der Waals surface area contributed by atoms with Gasteiger partial charge in [0, 0.05) is 5.56 Å². The number of carbonyl (C=O) groups is 1. The van der Waals surface area contributed by atoms with Gasteiger partial charge in [-0.05, 0) is 22.9 Å². The number of hydrogen-bond acceptors (Lipinski definition) is 3. The molecule has 0 aromatic heterocycles. The van der Waals surface area contributed by atoms with E-state index in [1.807, 2.05) is 6.07 Å². The number of aromatic carboxylic acids is 1. The molecule has 3 heteroatoms. The van der Waals surface area contributed by atoms with Crippen molar-refractivity contribution in [3.63, 3.8) is 0 Å². The molecule has 72 valence electrons. The maximum atomic E-state index is 10.8. The van der Waals surface area contributed by atoms with Crippen molar-refractivity contribution in [2.45, 2.75) is 0 Å². The van der Waals surface area contributed by atoms with Gasteiger partial charge in [-0.25, -0.2) is 0 Å². The SMILES string of the molecule is N#Cc1ccc2cccc(C(=O)[O-])c2c1. The van der Waals surface area contributed by atoms with Crippen molar-refractivity contribution in [3.8, 4) is 6.07 Å². The Morgan fingerprint density at radius 1 is 1.27 bits per heavy atom. The van der Waals surface area contributed by atoms with Crippen LogP contribution in [0.15, 0.2) is 36.4 Å². The summed E-state index contributed by atoms with van der Waals surface area (Å²) >= 11 is 0. The standard InChI is InChI=1S/C12H7NO2/c13-7-8-4-5-9-2-1-3-10(12(14)15)11(9)6-8/h1-6H,(H,14,15)/p-1. The van der Waals surface area contributed by atoms with Gasteiger partial charge in [0.25, 0.3) is 0 Å². The molecule has 0 saturated heterocycles. The van der Waals surface area contributed by atoms with Crippen molar-refractivity contribution in [1.29, 1.82) is 5.26 Å². The summed E-state index contributed by atoms with van der Waals surface area (Å²) < 4.78 is 0. The predicted molar refractivity (Wildman–Crippen MR) is 53.0 cm³/mol. The molecule has 2 aromatic carbocycles. The van der Waals surface area contributed by atoms with Crippen molar-refractivity contribution < 1.29 is 9.90 Å². The second-order valence-corrected chi connectivity index (χ2v) is 3.14. The molecule has 0 aliphatic heterocycles. The smallest absolute Gasteiger partial charge is 0.0991 e. The molecule has 0 spiro atoms. The van der Waals surface area contributed by atoms with Gasteiger partial charge in [-0.3, -0.25) is 0 Å². The van der Waals surface area contributed by atoms with Gasteiger partial charge in [-0.2, -0.15) is 5.26 Å². The number of carboxylic acids is 1. The summed E-state index contributed by atoms with van der Waals surface area (Å²) in [4.78, 5) is 10.8. The lowest BCUT2D eigenvalue weighted by molar-refractivity contribution is -0.254. The second kappa shape index (κ2) is 3.43. The van der Waals surface area contributed by atoms with Crippen LogP contribution in [0.3, 0.4) is 0 Å². The van der Waals surface area contributed by atoms with Crippen molar-refractivity contribution >= 4 is 16.7 Å². The molecule has 0 aliphatic rings. The number of benzene rings is 2. The Bertz CT molecular complexity index is 582. The van der Waals surface area contributed by atoms with Gasteiger partial charge < -0.3 is 9.90 Å². The first kappa shape index (κ1) is 9.22. The maximum absolute atomic E-state index is 10.8. The van der Waals surface area contributed by atoms with E-state index < -0.39 is 5.97 Å². The molecule has 15 heavy (non-hydrogen) atoms. The van der Waals surface area contributed by atoms with Crippen LogP contribution in [0.1, 0.15) is 15.9 Å². The number of rotatable bonds is 1. The first-order valence-electron chi connectivity index (χ1n) is 4.36. The lowest BCUT2D eigenvalue weighted by Crippen LogP contribution is -2.22. The van der Waals surface area contributed by atoms with E-state index in [0.29, 0.717) is 10.9 Å². The van der Waals surface area contributed by atoms with E-state index in [4.69, 9.17) is 5.26 Å². The van der Waals surface area contributed by atoms with Crippen LogP contribution in [0.4, 0.5) is 0 Å². The van der Waals surface area contributed by atoms with Crippen LogP contribution in [0.5, 0.6) is 0 Å². The van der Waals surface area contributed by atoms with Crippen LogP contribution in [0.25, 0.3) is 10.8 Å². The van der Waals surface area contributed by atoms with E-state index in [-0.39, 0.29) is 5.56 Å². The van der Waals surface area contributed by atoms with Gasteiger partial charge in [0.1, 0.15) is 0 Å². The number of hydrogen-bond donors (Lipinski definition) is 0. The van der Waals surface area contributed by atoms with E-state index in [1.54, 1.807) is 30.3 Å². The monoisotopic (exact) mass is 196 g/mol. The van der Waals surface area contributed by atoms with Crippen molar-refractivity contribution in [1.82, 2.24) is 0 Å². The number of carbonyl (C=O) groups excluding carboxylic acids is 1. The molecule has 0 unspecified atom stereocenters. The van der Waals surface area contributed by atoms with Crippen LogP contribution in [0, 0.1) is 11.3 Å². The van der Waals surface area contributed by atoms with Gasteiger partial charge in [0.05, 0.1) is 17.6 Å². The molecule has 0 amide bonds. The fourth-order valence-corrected chi connectivity index (χ4v) is 1.52. The largest absolute Gasteiger partial charge is 0.545 e. The van der Waals surface area contributed by atoms with E-state index in [2.05, 4.69) is 0 Å². The third-order valence-electron chi connectivity index (χ3n) is 2.23. The second-order valence-electron chi connectivity index (χ2n) is 3.14. The first-order chi connectivity index (χ1) is 7.22. The van der Waals surface area contributed by atoms with E-state index in [0.717, 1.165) is 5.39 Å². The molecule has 2 aromatic rings. The van der Waals surface area contributed by atoms with Crippen LogP contribution in [-0.4, -0.2) is 5.97 Å². The van der Waals surface area contributed by atoms with E-state index in [1.165, 1.54) is 6.07 Å². The van der Waals surface area contributed by atoms with Gasteiger partial charge in [-0.1, -0.05) is 24.3 Å². The Labute approximate surface area is 86.2 Å². The Morgan fingerprint density at radius 3 is 2.73 bits per heavy atom. The summed E-state index contributed by atoms with van der Waals surface area (Å²) in [6.45, 7) is 0. The minimum Gasteiger partial charge on any atom is -0.545 e. The highest BCUT2D eigenvalue weighted by atomic mass is 16.4. The Kier molecular flexibility index (Phi) is 2.11.